The lowest BCUT2D eigenvalue weighted by Gasteiger charge is -2.18. The number of nitrogens with zero attached hydrogens (tertiary/aromatic N) is 3. The highest BCUT2D eigenvalue weighted by atomic mass is 16.5. The van der Waals surface area contributed by atoms with E-state index in [1.54, 1.807) is 60.4 Å². The van der Waals surface area contributed by atoms with Gasteiger partial charge < -0.3 is 14.7 Å². The van der Waals surface area contributed by atoms with Gasteiger partial charge in [0.2, 0.25) is 0 Å². The van der Waals surface area contributed by atoms with Crippen molar-refractivity contribution >= 4 is 17.5 Å². The lowest BCUT2D eigenvalue weighted by atomic mass is 10.1. The Hall–Kier alpha value is -3.48. The van der Waals surface area contributed by atoms with Gasteiger partial charge >= 0.3 is 0 Å². The smallest absolute Gasteiger partial charge is 0.257 e. The summed E-state index contributed by atoms with van der Waals surface area (Å²) in [6.45, 7) is 6.96. The molecule has 144 valence electrons. The zero-order valence-corrected chi connectivity index (χ0v) is 16.1. The van der Waals surface area contributed by atoms with Crippen molar-refractivity contribution in [2.24, 2.45) is 0 Å². The van der Waals surface area contributed by atoms with E-state index in [0.717, 1.165) is 5.56 Å². The van der Waals surface area contributed by atoms with Gasteiger partial charge in [-0.1, -0.05) is 5.16 Å². The van der Waals surface area contributed by atoms with Crippen molar-refractivity contribution in [3.63, 3.8) is 0 Å². The molecular weight excluding hydrogens is 356 g/mol. The molecule has 28 heavy (non-hydrogen) atoms. The second-order valence-electron chi connectivity index (χ2n) is 6.23. The van der Waals surface area contributed by atoms with Crippen LogP contribution in [0.25, 0.3) is 11.5 Å². The molecule has 0 spiro atoms. The minimum absolute atomic E-state index is 0.0188. The average molecular weight is 378 g/mol. The van der Waals surface area contributed by atoms with Gasteiger partial charge in [0.1, 0.15) is 0 Å². The third-order valence-corrected chi connectivity index (χ3v) is 4.36. The van der Waals surface area contributed by atoms with Crippen LogP contribution in [0.4, 0.5) is 5.69 Å². The number of hydrogen-bond acceptors (Lipinski definition) is 5. The Labute approximate surface area is 163 Å². The average Bonchev–Trinajstić information content (AvgIpc) is 3.16. The summed E-state index contributed by atoms with van der Waals surface area (Å²) in [6, 6.07) is 13.8. The molecule has 0 fully saturated rings. The minimum Gasteiger partial charge on any atom is -0.339 e. The molecule has 2 aromatic carbocycles. The van der Waals surface area contributed by atoms with E-state index in [4.69, 9.17) is 4.52 Å². The summed E-state index contributed by atoms with van der Waals surface area (Å²) in [6.07, 6.45) is 0. The van der Waals surface area contributed by atoms with Crippen molar-refractivity contribution in [3.8, 4) is 11.5 Å². The van der Waals surface area contributed by atoms with Crippen LogP contribution in [-0.4, -0.2) is 39.9 Å². The van der Waals surface area contributed by atoms with Crippen molar-refractivity contribution in [2.45, 2.75) is 20.8 Å². The van der Waals surface area contributed by atoms with Crippen LogP contribution in [0.15, 0.2) is 53.1 Å². The van der Waals surface area contributed by atoms with Crippen molar-refractivity contribution in [1.29, 1.82) is 0 Å². The van der Waals surface area contributed by atoms with Gasteiger partial charge in [0.05, 0.1) is 0 Å². The molecule has 3 aromatic rings. The largest absolute Gasteiger partial charge is 0.339 e. The quantitative estimate of drug-likeness (QED) is 0.705. The van der Waals surface area contributed by atoms with Gasteiger partial charge in [-0.2, -0.15) is 4.98 Å². The molecule has 7 nitrogen and oxygen atoms in total. The molecule has 0 unspecified atom stereocenters. The van der Waals surface area contributed by atoms with Gasteiger partial charge in [-0.3, -0.25) is 9.59 Å². The fourth-order valence-electron chi connectivity index (χ4n) is 2.77. The first kappa shape index (κ1) is 19.3. The Morgan fingerprint density at radius 1 is 0.964 bits per heavy atom. The van der Waals surface area contributed by atoms with Crippen LogP contribution in [-0.2, 0) is 0 Å². The maximum absolute atomic E-state index is 12.4. The van der Waals surface area contributed by atoms with Crippen LogP contribution in [0.3, 0.4) is 0 Å². The number of benzene rings is 2. The van der Waals surface area contributed by atoms with E-state index < -0.39 is 0 Å². The minimum atomic E-state index is -0.240. The van der Waals surface area contributed by atoms with Crippen molar-refractivity contribution in [1.82, 2.24) is 15.0 Å². The van der Waals surface area contributed by atoms with Gasteiger partial charge in [-0.15, -0.1) is 0 Å². The first-order valence-corrected chi connectivity index (χ1v) is 9.13. The fourth-order valence-corrected chi connectivity index (χ4v) is 2.77. The summed E-state index contributed by atoms with van der Waals surface area (Å²) in [7, 11) is 0. The van der Waals surface area contributed by atoms with Crippen LogP contribution in [0, 0.1) is 6.92 Å². The normalized spacial score (nSPS) is 10.5. The molecule has 0 aliphatic carbocycles. The van der Waals surface area contributed by atoms with E-state index >= 15 is 0 Å². The zero-order chi connectivity index (χ0) is 20.1. The summed E-state index contributed by atoms with van der Waals surface area (Å²) < 4.78 is 5.12. The molecule has 0 saturated carbocycles. The van der Waals surface area contributed by atoms with Gasteiger partial charge in [0, 0.05) is 35.5 Å². The molecule has 1 heterocycles. The zero-order valence-electron chi connectivity index (χ0n) is 16.1. The maximum Gasteiger partial charge on any atom is 0.257 e. The third-order valence-electron chi connectivity index (χ3n) is 4.36. The van der Waals surface area contributed by atoms with Crippen LogP contribution in [0.5, 0.6) is 0 Å². The van der Waals surface area contributed by atoms with Gasteiger partial charge in [-0.05, 0) is 69.3 Å². The number of hydrogen-bond donors (Lipinski definition) is 1. The van der Waals surface area contributed by atoms with Crippen LogP contribution < -0.4 is 5.32 Å². The molecule has 0 saturated heterocycles. The molecule has 2 amide bonds. The Bertz CT molecular complexity index is 958. The highest BCUT2D eigenvalue weighted by Gasteiger charge is 2.13. The highest BCUT2D eigenvalue weighted by molar-refractivity contribution is 6.04. The van der Waals surface area contributed by atoms with Gasteiger partial charge in [-0.25, -0.2) is 0 Å². The number of aryl methyl sites for hydroxylation is 1. The maximum atomic E-state index is 12.4. The Morgan fingerprint density at radius 3 is 2.11 bits per heavy atom. The number of carbonyl (C=O) groups excluding carboxylic acids is 2. The molecule has 1 aromatic heterocycles. The number of aromatic nitrogens is 2. The van der Waals surface area contributed by atoms with Crippen LogP contribution in [0.1, 0.15) is 40.4 Å². The molecule has 0 aliphatic heterocycles. The van der Waals surface area contributed by atoms with E-state index in [9.17, 15) is 9.59 Å². The molecule has 0 radical (unpaired) electrons. The molecular formula is C21H22N4O3. The van der Waals surface area contributed by atoms with E-state index in [2.05, 4.69) is 15.5 Å². The highest BCUT2D eigenvalue weighted by Crippen LogP contribution is 2.19. The van der Waals surface area contributed by atoms with Gasteiger partial charge in [0.15, 0.2) is 5.82 Å². The second kappa shape index (κ2) is 8.47. The Balaban J connectivity index is 1.66. The summed E-state index contributed by atoms with van der Waals surface area (Å²) in [5.74, 6) is 0.712. The standard InChI is InChI=1S/C21H22N4O3/c1-4-25(5-2)21(27)17-10-12-18(13-11-17)23-19(26)15-6-8-16(9-7-15)20-22-14(3)24-28-20/h6-13H,4-5H2,1-3H3,(H,23,26). The van der Waals surface area contributed by atoms with E-state index in [1.807, 2.05) is 13.8 Å². The fraction of sp³-hybridized carbons (Fsp3) is 0.238. The first-order chi connectivity index (χ1) is 13.5. The predicted octanol–water partition coefficient (Wildman–Crippen LogP) is 3.78. The first-order valence-electron chi connectivity index (χ1n) is 9.13. The van der Waals surface area contributed by atoms with E-state index in [1.165, 1.54) is 0 Å². The Kier molecular flexibility index (Phi) is 5.84. The summed E-state index contributed by atoms with van der Waals surface area (Å²) in [5, 5.41) is 6.58. The lowest BCUT2D eigenvalue weighted by molar-refractivity contribution is 0.0773. The van der Waals surface area contributed by atoms with Crippen LogP contribution >= 0.6 is 0 Å². The Morgan fingerprint density at radius 2 is 1.57 bits per heavy atom. The molecule has 7 heteroatoms. The van der Waals surface area contributed by atoms with E-state index in [0.29, 0.717) is 41.6 Å². The molecule has 3 rings (SSSR count). The number of nitrogens with one attached hydrogen (secondary N) is 1. The summed E-state index contributed by atoms with van der Waals surface area (Å²) >= 11 is 0. The van der Waals surface area contributed by atoms with Gasteiger partial charge in [0.25, 0.3) is 17.7 Å². The predicted molar refractivity (Wildman–Crippen MR) is 106 cm³/mol. The topological polar surface area (TPSA) is 88.3 Å². The SMILES string of the molecule is CCN(CC)C(=O)c1ccc(NC(=O)c2ccc(-c3nc(C)no3)cc2)cc1. The third kappa shape index (κ3) is 4.25. The second-order valence-corrected chi connectivity index (χ2v) is 6.23. The number of rotatable bonds is 6. The van der Waals surface area contributed by atoms with Crippen LogP contribution in [0.2, 0.25) is 0 Å². The molecule has 0 aliphatic rings. The molecule has 0 atom stereocenters. The summed E-state index contributed by atoms with van der Waals surface area (Å²) in [5.41, 5.74) is 2.47. The number of amides is 2. The number of carbonyl (C=O) groups is 2. The van der Waals surface area contributed by atoms with Crippen molar-refractivity contribution < 1.29 is 14.1 Å². The van der Waals surface area contributed by atoms with E-state index in [-0.39, 0.29) is 11.8 Å². The summed E-state index contributed by atoms with van der Waals surface area (Å²) in [4.78, 5) is 30.7. The lowest BCUT2D eigenvalue weighted by Crippen LogP contribution is -2.30. The number of anilines is 1. The van der Waals surface area contributed by atoms with Crippen molar-refractivity contribution in [2.75, 3.05) is 18.4 Å². The van der Waals surface area contributed by atoms with Crippen molar-refractivity contribution in [3.05, 3.63) is 65.5 Å². The monoisotopic (exact) mass is 378 g/mol. The molecule has 1 N–H and O–H groups in total. The molecule has 0 bridgehead atoms.